The van der Waals surface area contributed by atoms with Crippen molar-refractivity contribution in [3.8, 4) is 5.75 Å². The van der Waals surface area contributed by atoms with E-state index in [1.165, 1.54) is 12.1 Å². The van der Waals surface area contributed by atoms with Crippen LogP contribution in [-0.4, -0.2) is 23.7 Å². The van der Waals surface area contributed by atoms with Crippen molar-refractivity contribution < 1.29 is 22.7 Å². The number of halogens is 3. The minimum absolute atomic E-state index is 0.0680. The van der Waals surface area contributed by atoms with Crippen LogP contribution in [0.3, 0.4) is 0 Å². The van der Waals surface area contributed by atoms with Crippen molar-refractivity contribution in [2.75, 3.05) is 11.9 Å². The molecule has 8 heteroatoms. The van der Waals surface area contributed by atoms with Crippen molar-refractivity contribution in [1.82, 2.24) is 0 Å². The Balaban J connectivity index is 2.72. The number of hydrogen-bond acceptors (Lipinski definition) is 3. The van der Waals surface area contributed by atoms with Gasteiger partial charge in [-0.1, -0.05) is 24.4 Å². The zero-order chi connectivity index (χ0) is 14.5. The number of ether oxygens (including phenoxy) is 1. The van der Waals surface area contributed by atoms with Gasteiger partial charge in [0.05, 0.1) is 5.69 Å². The van der Waals surface area contributed by atoms with Crippen molar-refractivity contribution >= 4 is 28.8 Å². The smallest absolute Gasteiger partial charge is 0.397 e. The first-order valence-electron chi connectivity index (χ1n) is 5.14. The molecular weight excluding hydrogens is 281 g/mol. The van der Waals surface area contributed by atoms with Crippen molar-refractivity contribution in [2.45, 2.75) is 12.6 Å². The fourth-order valence-electron chi connectivity index (χ4n) is 1.22. The lowest BCUT2D eigenvalue weighted by Gasteiger charge is -2.12. The van der Waals surface area contributed by atoms with E-state index in [0.717, 1.165) is 0 Å². The van der Waals surface area contributed by atoms with E-state index in [4.69, 9.17) is 10.5 Å². The van der Waals surface area contributed by atoms with E-state index in [1.54, 1.807) is 12.1 Å². The number of anilines is 1. The van der Waals surface area contributed by atoms with Gasteiger partial charge in [0.25, 0.3) is 0 Å². The Morgan fingerprint density at radius 3 is 2.58 bits per heavy atom. The van der Waals surface area contributed by atoms with Crippen LogP contribution in [0.4, 0.5) is 18.9 Å². The van der Waals surface area contributed by atoms with Gasteiger partial charge in [-0.3, -0.25) is 4.79 Å². The van der Waals surface area contributed by atoms with E-state index < -0.39 is 18.5 Å². The second kappa shape index (κ2) is 6.37. The predicted octanol–water partition coefficient (Wildman–Crippen LogP) is 2.24. The lowest BCUT2D eigenvalue weighted by Crippen LogP contribution is -2.22. The van der Waals surface area contributed by atoms with Crippen LogP contribution >= 0.6 is 12.2 Å². The number of carbonyl (C=O) groups is 1. The highest BCUT2D eigenvalue weighted by atomic mass is 32.1. The predicted molar refractivity (Wildman–Crippen MR) is 68.0 cm³/mol. The molecule has 1 amide bonds. The van der Waals surface area contributed by atoms with Gasteiger partial charge >= 0.3 is 6.18 Å². The summed E-state index contributed by atoms with van der Waals surface area (Å²) in [4.78, 5) is 11.3. The second-order valence-electron chi connectivity index (χ2n) is 3.59. The fraction of sp³-hybridized carbons (Fsp3) is 0.273. The molecule has 0 aliphatic rings. The number of thiocarbonyl (C=S) groups is 1. The lowest BCUT2D eigenvalue weighted by molar-refractivity contribution is -0.150. The van der Waals surface area contributed by atoms with Gasteiger partial charge in [0, 0.05) is 0 Å². The third-order valence-electron chi connectivity index (χ3n) is 1.89. The van der Waals surface area contributed by atoms with E-state index in [-0.39, 0.29) is 23.0 Å². The molecule has 4 nitrogen and oxygen atoms in total. The molecule has 0 fully saturated rings. The van der Waals surface area contributed by atoms with E-state index in [1.807, 2.05) is 0 Å². The molecule has 0 aliphatic carbocycles. The number of hydrogen-bond donors (Lipinski definition) is 2. The standard InChI is InChI=1S/C11H11F3N2O2S/c12-11(13,14)5-10(17)16-7-3-1-2-4-8(7)18-6-9(15)19/h1-4H,5-6H2,(H2,15,19)(H,16,17). The van der Waals surface area contributed by atoms with Crippen LogP contribution in [-0.2, 0) is 4.79 Å². The van der Waals surface area contributed by atoms with Gasteiger partial charge in [0.2, 0.25) is 5.91 Å². The number of para-hydroxylation sites is 2. The van der Waals surface area contributed by atoms with Gasteiger partial charge in [-0.15, -0.1) is 0 Å². The highest BCUT2D eigenvalue weighted by Crippen LogP contribution is 2.25. The van der Waals surface area contributed by atoms with Crippen molar-refractivity contribution in [3.05, 3.63) is 24.3 Å². The summed E-state index contributed by atoms with van der Waals surface area (Å²) in [7, 11) is 0. The highest BCUT2D eigenvalue weighted by molar-refractivity contribution is 7.80. The molecule has 0 saturated heterocycles. The SMILES string of the molecule is NC(=S)COc1ccccc1NC(=O)CC(F)(F)F. The van der Waals surface area contributed by atoms with E-state index in [2.05, 4.69) is 17.5 Å². The zero-order valence-electron chi connectivity index (χ0n) is 9.66. The summed E-state index contributed by atoms with van der Waals surface area (Å²) in [6, 6.07) is 6.07. The molecule has 0 heterocycles. The number of nitrogens with one attached hydrogen (secondary N) is 1. The Morgan fingerprint density at radius 1 is 1.37 bits per heavy atom. The fourth-order valence-corrected chi connectivity index (χ4v) is 1.28. The maximum atomic E-state index is 12.0. The molecule has 1 rings (SSSR count). The van der Waals surface area contributed by atoms with Gasteiger partial charge in [-0.25, -0.2) is 0 Å². The summed E-state index contributed by atoms with van der Waals surface area (Å²) < 4.78 is 41.3. The molecule has 0 aromatic heterocycles. The molecule has 0 radical (unpaired) electrons. The molecule has 104 valence electrons. The molecular formula is C11H11F3N2O2S. The monoisotopic (exact) mass is 292 g/mol. The molecule has 0 saturated carbocycles. The number of amides is 1. The topological polar surface area (TPSA) is 64.3 Å². The van der Waals surface area contributed by atoms with E-state index in [0.29, 0.717) is 0 Å². The van der Waals surface area contributed by atoms with Crippen LogP contribution in [0.1, 0.15) is 6.42 Å². The molecule has 3 N–H and O–H groups in total. The number of rotatable bonds is 5. The normalized spacial score (nSPS) is 10.9. The summed E-state index contributed by atoms with van der Waals surface area (Å²) in [6.07, 6.45) is -6.12. The first-order chi connectivity index (χ1) is 8.78. The summed E-state index contributed by atoms with van der Waals surface area (Å²) >= 11 is 4.61. The Kier molecular flexibility index (Phi) is 5.11. The maximum absolute atomic E-state index is 12.0. The quantitative estimate of drug-likeness (QED) is 0.817. The van der Waals surface area contributed by atoms with Crippen molar-refractivity contribution in [1.29, 1.82) is 0 Å². The number of alkyl halides is 3. The van der Waals surface area contributed by atoms with E-state index >= 15 is 0 Å². The van der Waals surface area contributed by atoms with Gasteiger partial charge < -0.3 is 15.8 Å². The molecule has 0 aliphatic heterocycles. The Labute approximate surface area is 112 Å². The van der Waals surface area contributed by atoms with Gasteiger partial charge in [-0.05, 0) is 12.1 Å². The first kappa shape index (κ1) is 15.2. The number of carbonyl (C=O) groups excluding carboxylic acids is 1. The first-order valence-corrected chi connectivity index (χ1v) is 5.55. The summed E-state index contributed by atoms with van der Waals surface area (Å²) in [6.45, 7) is -0.0680. The highest BCUT2D eigenvalue weighted by Gasteiger charge is 2.31. The molecule has 0 unspecified atom stereocenters. The Hall–Kier alpha value is -1.83. The van der Waals surface area contributed by atoms with Crippen LogP contribution in [0.5, 0.6) is 5.75 Å². The Morgan fingerprint density at radius 2 is 2.00 bits per heavy atom. The summed E-state index contributed by atoms with van der Waals surface area (Å²) in [5, 5.41) is 2.12. The second-order valence-corrected chi connectivity index (χ2v) is 4.12. The molecule has 0 spiro atoms. The maximum Gasteiger partial charge on any atom is 0.397 e. The largest absolute Gasteiger partial charge is 0.484 e. The zero-order valence-corrected chi connectivity index (χ0v) is 10.5. The minimum Gasteiger partial charge on any atom is -0.484 e. The Bertz CT molecular complexity index is 477. The van der Waals surface area contributed by atoms with Crippen LogP contribution in [0.2, 0.25) is 0 Å². The van der Waals surface area contributed by atoms with Crippen molar-refractivity contribution in [2.24, 2.45) is 5.73 Å². The third-order valence-corrected chi connectivity index (χ3v) is 2.01. The molecule has 1 aromatic rings. The van der Waals surface area contributed by atoms with Gasteiger partial charge in [0.15, 0.2) is 0 Å². The third kappa shape index (κ3) is 6.05. The molecule has 0 atom stereocenters. The minimum atomic E-state index is -4.56. The van der Waals surface area contributed by atoms with Crippen LogP contribution in [0.15, 0.2) is 24.3 Å². The summed E-state index contributed by atoms with van der Waals surface area (Å²) in [5.74, 6) is -0.968. The molecule has 0 bridgehead atoms. The molecule has 19 heavy (non-hydrogen) atoms. The number of benzene rings is 1. The van der Waals surface area contributed by atoms with E-state index in [9.17, 15) is 18.0 Å². The van der Waals surface area contributed by atoms with Crippen LogP contribution in [0.25, 0.3) is 0 Å². The lowest BCUT2D eigenvalue weighted by atomic mass is 10.2. The number of nitrogens with two attached hydrogens (primary N) is 1. The molecule has 1 aromatic carbocycles. The average Bonchev–Trinajstić information content (AvgIpc) is 2.25. The van der Waals surface area contributed by atoms with Crippen molar-refractivity contribution in [3.63, 3.8) is 0 Å². The summed E-state index contributed by atoms with van der Waals surface area (Å²) in [5.41, 5.74) is 5.38. The van der Waals surface area contributed by atoms with Crippen LogP contribution < -0.4 is 15.8 Å². The average molecular weight is 292 g/mol. The van der Waals surface area contributed by atoms with Gasteiger partial charge in [0.1, 0.15) is 23.8 Å². The van der Waals surface area contributed by atoms with Crippen LogP contribution in [0, 0.1) is 0 Å². The van der Waals surface area contributed by atoms with Gasteiger partial charge in [-0.2, -0.15) is 13.2 Å².